The number of alkyl halides is 6. The molecule has 0 aliphatic carbocycles. The minimum absolute atomic E-state index is 0.159. The number of carbonyl (C=O) groups excluding carboxylic acids is 1. The van der Waals surface area contributed by atoms with Crippen molar-refractivity contribution < 1.29 is 35.5 Å². The van der Waals surface area contributed by atoms with Gasteiger partial charge in [-0.15, -0.1) is 0 Å². The molecule has 0 atom stereocenters. The summed E-state index contributed by atoms with van der Waals surface area (Å²) in [6.45, 7) is 0. The van der Waals surface area contributed by atoms with Crippen LogP contribution in [0.2, 0.25) is 0 Å². The maximum absolute atomic E-state index is 13.1. The van der Waals surface area contributed by atoms with Crippen LogP contribution < -0.4 is 0 Å². The number of rotatable bonds is 1. The molecule has 0 unspecified atom stereocenters. The van der Waals surface area contributed by atoms with E-state index in [4.69, 9.17) is 0 Å². The van der Waals surface area contributed by atoms with Gasteiger partial charge in [0.1, 0.15) is 5.82 Å². The molecule has 1 aromatic carbocycles. The van der Waals surface area contributed by atoms with Crippen LogP contribution in [0.25, 0.3) is 0 Å². The zero-order chi connectivity index (χ0) is 14.3. The van der Waals surface area contributed by atoms with E-state index in [1.807, 2.05) is 0 Å². The van der Waals surface area contributed by atoms with Crippen LogP contribution in [-0.4, -0.2) is 12.0 Å². The quantitative estimate of drug-likeness (QED) is 0.549. The molecule has 0 N–H and O–H groups in total. The van der Waals surface area contributed by atoms with Crippen LogP contribution >= 0.6 is 15.9 Å². The average molecular weight is 339 g/mol. The lowest BCUT2D eigenvalue weighted by atomic mass is 10.1. The number of carbonyl (C=O) groups is 1. The van der Waals surface area contributed by atoms with Gasteiger partial charge in [0.2, 0.25) is 0 Å². The fourth-order valence-electron chi connectivity index (χ4n) is 1.12. The van der Waals surface area contributed by atoms with Crippen LogP contribution in [0.4, 0.5) is 30.7 Å². The Labute approximate surface area is 104 Å². The molecule has 0 aromatic heterocycles. The summed E-state index contributed by atoms with van der Waals surface area (Å²) in [5, 5.41) is 0. The van der Waals surface area contributed by atoms with E-state index in [1.54, 1.807) is 0 Å². The van der Waals surface area contributed by atoms with Gasteiger partial charge in [0.15, 0.2) is 0 Å². The minimum Gasteiger partial charge on any atom is -0.284 e. The lowest BCUT2D eigenvalue weighted by Crippen LogP contribution is -2.25. The monoisotopic (exact) mass is 338 g/mol. The molecule has 1 aromatic rings. The Morgan fingerprint density at radius 3 is 1.94 bits per heavy atom. The second-order valence-electron chi connectivity index (χ2n) is 3.11. The zero-order valence-corrected chi connectivity index (χ0v) is 9.67. The molecular formula is C9H2BrF7O. The lowest BCUT2D eigenvalue weighted by Gasteiger charge is -2.13. The Kier molecular flexibility index (Phi) is 3.75. The van der Waals surface area contributed by atoms with Crippen molar-refractivity contribution in [2.75, 3.05) is 0 Å². The van der Waals surface area contributed by atoms with Gasteiger partial charge < -0.3 is 0 Å². The zero-order valence-electron chi connectivity index (χ0n) is 8.09. The molecule has 9 heteroatoms. The Morgan fingerprint density at radius 1 is 1.06 bits per heavy atom. The van der Waals surface area contributed by atoms with Gasteiger partial charge in [-0.1, -0.05) is 0 Å². The number of ketones is 1. The summed E-state index contributed by atoms with van der Waals surface area (Å²) in [6.07, 6.45) is -10.5. The molecule has 1 rings (SSSR count). The maximum atomic E-state index is 13.1. The predicted molar refractivity (Wildman–Crippen MR) is 49.5 cm³/mol. The fraction of sp³-hybridized carbons (Fsp3) is 0.222. The van der Waals surface area contributed by atoms with Gasteiger partial charge in [-0.25, -0.2) is 4.39 Å². The van der Waals surface area contributed by atoms with E-state index in [0.717, 1.165) is 0 Å². The van der Waals surface area contributed by atoms with E-state index < -0.39 is 39.6 Å². The second kappa shape index (κ2) is 4.52. The molecule has 0 aliphatic rings. The third-order valence-electron chi connectivity index (χ3n) is 1.88. The van der Waals surface area contributed by atoms with Crippen molar-refractivity contribution in [3.63, 3.8) is 0 Å². The third-order valence-corrected chi connectivity index (χ3v) is 2.70. The van der Waals surface area contributed by atoms with E-state index >= 15 is 0 Å². The smallest absolute Gasteiger partial charge is 0.284 e. The van der Waals surface area contributed by atoms with Gasteiger partial charge in [0.25, 0.3) is 5.78 Å². The van der Waals surface area contributed by atoms with Gasteiger partial charge in [-0.2, -0.15) is 26.3 Å². The first-order valence-corrected chi connectivity index (χ1v) is 4.92. The topological polar surface area (TPSA) is 17.1 Å². The first kappa shape index (κ1) is 14.9. The van der Waals surface area contributed by atoms with Crippen molar-refractivity contribution in [2.45, 2.75) is 12.4 Å². The number of halogens is 8. The maximum Gasteiger partial charge on any atom is 0.455 e. The fourth-order valence-corrected chi connectivity index (χ4v) is 1.85. The predicted octanol–water partition coefficient (Wildman–Crippen LogP) is 4.35. The summed E-state index contributed by atoms with van der Waals surface area (Å²) >= 11 is 2.18. The van der Waals surface area contributed by atoms with Gasteiger partial charge in [-0.3, -0.25) is 4.79 Å². The number of benzene rings is 1. The molecule has 0 heterocycles. The molecule has 0 saturated carbocycles. The van der Waals surface area contributed by atoms with E-state index in [-0.39, 0.29) is 12.1 Å². The largest absolute Gasteiger partial charge is 0.455 e. The molecule has 100 valence electrons. The Hall–Kier alpha value is -1.12. The van der Waals surface area contributed by atoms with Gasteiger partial charge in [0.05, 0.1) is 11.1 Å². The van der Waals surface area contributed by atoms with Crippen LogP contribution in [0, 0.1) is 5.82 Å². The first-order chi connectivity index (χ1) is 7.96. The summed E-state index contributed by atoms with van der Waals surface area (Å²) in [6, 6.07) is 0.402. The highest BCUT2D eigenvalue weighted by molar-refractivity contribution is 9.10. The summed E-state index contributed by atoms with van der Waals surface area (Å²) < 4.78 is 85.3. The van der Waals surface area contributed by atoms with Crippen molar-refractivity contribution in [1.82, 2.24) is 0 Å². The molecule has 0 fully saturated rings. The number of hydrogen-bond donors (Lipinski definition) is 0. The Balaban J connectivity index is 3.51. The Bertz CT molecular complexity index is 489. The standard InChI is InChI=1S/C9H2BrF7O/c10-6-3(8(12,13)14)1-2-4(11)5(6)7(18)9(15,16)17/h1-2H. The lowest BCUT2D eigenvalue weighted by molar-refractivity contribution is -0.138. The van der Waals surface area contributed by atoms with E-state index in [9.17, 15) is 35.5 Å². The van der Waals surface area contributed by atoms with E-state index in [2.05, 4.69) is 15.9 Å². The van der Waals surface area contributed by atoms with Crippen molar-refractivity contribution in [3.05, 3.63) is 33.5 Å². The summed E-state index contributed by atoms with van der Waals surface area (Å²) in [4.78, 5) is 10.8. The molecule has 0 bridgehead atoms. The van der Waals surface area contributed by atoms with Crippen LogP contribution in [-0.2, 0) is 6.18 Å². The average Bonchev–Trinajstić information content (AvgIpc) is 2.13. The normalized spacial score (nSPS) is 12.7. The summed E-state index contributed by atoms with van der Waals surface area (Å²) in [5.74, 6) is -4.37. The third kappa shape index (κ3) is 2.82. The van der Waals surface area contributed by atoms with Crippen LogP contribution in [0.5, 0.6) is 0 Å². The van der Waals surface area contributed by atoms with Crippen molar-refractivity contribution >= 4 is 21.7 Å². The molecular weight excluding hydrogens is 337 g/mol. The van der Waals surface area contributed by atoms with Gasteiger partial charge in [0, 0.05) is 4.47 Å². The molecule has 0 spiro atoms. The molecule has 0 radical (unpaired) electrons. The van der Waals surface area contributed by atoms with Crippen LogP contribution in [0.1, 0.15) is 15.9 Å². The highest BCUT2D eigenvalue weighted by Crippen LogP contribution is 2.39. The molecule has 0 aliphatic heterocycles. The van der Waals surface area contributed by atoms with E-state index in [1.165, 1.54) is 0 Å². The molecule has 0 saturated heterocycles. The van der Waals surface area contributed by atoms with Gasteiger partial charge in [-0.05, 0) is 28.1 Å². The summed E-state index contributed by atoms with van der Waals surface area (Å²) in [5.41, 5.74) is -3.24. The van der Waals surface area contributed by atoms with Crippen molar-refractivity contribution in [3.8, 4) is 0 Å². The van der Waals surface area contributed by atoms with Crippen molar-refractivity contribution in [1.29, 1.82) is 0 Å². The molecule has 0 amide bonds. The first-order valence-electron chi connectivity index (χ1n) is 4.13. The summed E-state index contributed by atoms with van der Waals surface area (Å²) in [7, 11) is 0. The van der Waals surface area contributed by atoms with Crippen LogP contribution in [0.15, 0.2) is 16.6 Å². The molecule has 18 heavy (non-hydrogen) atoms. The van der Waals surface area contributed by atoms with Crippen LogP contribution in [0.3, 0.4) is 0 Å². The number of Topliss-reactive ketones (excluding diaryl/α,β-unsaturated/α-hetero) is 1. The second-order valence-corrected chi connectivity index (χ2v) is 3.90. The van der Waals surface area contributed by atoms with Gasteiger partial charge >= 0.3 is 12.4 Å². The Morgan fingerprint density at radius 2 is 1.56 bits per heavy atom. The minimum atomic E-state index is -5.46. The highest BCUT2D eigenvalue weighted by Gasteiger charge is 2.44. The molecule has 1 nitrogen and oxygen atoms in total. The van der Waals surface area contributed by atoms with E-state index in [0.29, 0.717) is 0 Å². The number of hydrogen-bond acceptors (Lipinski definition) is 1. The van der Waals surface area contributed by atoms with Crippen molar-refractivity contribution in [2.24, 2.45) is 0 Å². The highest BCUT2D eigenvalue weighted by atomic mass is 79.9. The SMILES string of the molecule is O=C(c1c(F)ccc(C(F)(F)F)c1Br)C(F)(F)F.